The third-order valence-electron chi connectivity index (χ3n) is 5.21. The summed E-state index contributed by atoms with van der Waals surface area (Å²) in [6.07, 6.45) is 8.15. The Morgan fingerprint density at radius 1 is 1.17 bits per heavy atom. The molecule has 0 aromatic rings. The number of amides is 1. The second-order valence-electron chi connectivity index (χ2n) is 6.58. The van der Waals surface area contributed by atoms with Gasteiger partial charge in [0.15, 0.2) is 0 Å². The number of carbonyl (C=O) groups excluding carboxylic acids is 1. The molecule has 2 N–H and O–H groups in total. The van der Waals surface area contributed by atoms with E-state index in [-0.39, 0.29) is 5.41 Å². The van der Waals surface area contributed by atoms with Crippen LogP contribution in [-0.2, 0) is 4.79 Å². The minimum absolute atomic E-state index is 0.0970. The SMILES string of the molecule is CCC1(C(=O)NCC2(C)CCCC2)CCNCC1. The molecule has 1 heterocycles. The van der Waals surface area contributed by atoms with Crippen LogP contribution in [0, 0.1) is 10.8 Å². The molecule has 3 heteroatoms. The lowest BCUT2D eigenvalue weighted by atomic mass is 9.75. The van der Waals surface area contributed by atoms with Crippen molar-refractivity contribution in [1.82, 2.24) is 10.6 Å². The van der Waals surface area contributed by atoms with E-state index in [4.69, 9.17) is 0 Å². The maximum absolute atomic E-state index is 12.5. The second-order valence-corrected chi connectivity index (χ2v) is 6.58. The third-order valence-corrected chi connectivity index (χ3v) is 5.21. The summed E-state index contributed by atoms with van der Waals surface area (Å²) in [5, 5.41) is 6.61. The third kappa shape index (κ3) is 2.87. The van der Waals surface area contributed by atoms with Crippen LogP contribution in [0.4, 0.5) is 0 Å². The molecule has 1 aliphatic carbocycles. The zero-order valence-electron chi connectivity index (χ0n) is 12.0. The van der Waals surface area contributed by atoms with Crippen LogP contribution in [0.25, 0.3) is 0 Å². The molecule has 0 unspecified atom stereocenters. The predicted octanol–water partition coefficient (Wildman–Crippen LogP) is 2.46. The van der Waals surface area contributed by atoms with Crippen molar-refractivity contribution in [2.45, 2.75) is 58.8 Å². The van der Waals surface area contributed by atoms with Gasteiger partial charge >= 0.3 is 0 Å². The monoisotopic (exact) mass is 252 g/mol. The van der Waals surface area contributed by atoms with Crippen molar-refractivity contribution in [2.75, 3.05) is 19.6 Å². The summed E-state index contributed by atoms with van der Waals surface area (Å²) in [7, 11) is 0. The van der Waals surface area contributed by atoms with E-state index in [1.807, 2.05) is 0 Å². The van der Waals surface area contributed by atoms with Crippen molar-refractivity contribution in [2.24, 2.45) is 10.8 Å². The van der Waals surface area contributed by atoms with Gasteiger partial charge in [0.2, 0.25) is 5.91 Å². The van der Waals surface area contributed by atoms with Gasteiger partial charge in [0.05, 0.1) is 5.41 Å². The summed E-state index contributed by atoms with van der Waals surface area (Å²) in [6, 6.07) is 0. The van der Waals surface area contributed by atoms with Crippen molar-refractivity contribution in [3.8, 4) is 0 Å². The smallest absolute Gasteiger partial charge is 0.226 e. The predicted molar refractivity (Wildman–Crippen MR) is 74.4 cm³/mol. The largest absolute Gasteiger partial charge is 0.355 e. The molecule has 1 aliphatic heterocycles. The molecule has 0 aromatic carbocycles. The maximum atomic E-state index is 12.5. The average Bonchev–Trinajstić information content (AvgIpc) is 2.84. The maximum Gasteiger partial charge on any atom is 0.226 e. The Bertz CT molecular complexity index is 289. The Morgan fingerprint density at radius 3 is 2.33 bits per heavy atom. The topological polar surface area (TPSA) is 41.1 Å². The van der Waals surface area contributed by atoms with Gasteiger partial charge in [-0.25, -0.2) is 0 Å². The quantitative estimate of drug-likeness (QED) is 0.807. The van der Waals surface area contributed by atoms with Gasteiger partial charge in [-0.05, 0) is 50.6 Å². The summed E-state index contributed by atoms with van der Waals surface area (Å²) in [4.78, 5) is 12.5. The molecule has 104 valence electrons. The van der Waals surface area contributed by atoms with Crippen LogP contribution in [-0.4, -0.2) is 25.5 Å². The molecule has 0 aromatic heterocycles. The van der Waals surface area contributed by atoms with E-state index in [0.29, 0.717) is 11.3 Å². The van der Waals surface area contributed by atoms with Crippen LogP contribution in [0.2, 0.25) is 0 Å². The first kappa shape index (κ1) is 13.9. The molecule has 2 aliphatic rings. The van der Waals surface area contributed by atoms with Gasteiger partial charge in [-0.2, -0.15) is 0 Å². The van der Waals surface area contributed by atoms with Crippen molar-refractivity contribution >= 4 is 5.91 Å². The van der Waals surface area contributed by atoms with E-state index in [2.05, 4.69) is 24.5 Å². The highest BCUT2D eigenvalue weighted by atomic mass is 16.2. The number of carbonyl (C=O) groups is 1. The van der Waals surface area contributed by atoms with Crippen LogP contribution in [0.5, 0.6) is 0 Å². The first-order valence-corrected chi connectivity index (χ1v) is 7.59. The average molecular weight is 252 g/mol. The highest BCUT2D eigenvalue weighted by Crippen LogP contribution is 2.38. The van der Waals surface area contributed by atoms with Crippen molar-refractivity contribution in [1.29, 1.82) is 0 Å². The number of nitrogens with one attached hydrogen (secondary N) is 2. The Morgan fingerprint density at radius 2 is 1.78 bits per heavy atom. The van der Waals surface area contributed by atoms with Gasteiger partial charge in [0.25, 0.3) is 0 Å². The van der Waals surface area contributed by atoms with E-state index in [1.54, 1.807) is 0 Å². The lowest BCUT2D eigenvalue weighted by molar-refractivity contribution is -0.133. The van der Waals surface area contributed by atoms with E-state index in [1.165, 1.54) is 25.7 Å². The number of hydrogen-bond donors (Lipinski definition) is 2. The molecular weight excluding hydrogens is 224 g/mol. The van der Waals surface area contributed by atoms with E-state index in [0.717, 1.165) is 38.9 Å². The molecule has 1 saturated carbocycles. The van der Waals surface area contributed by atoms with E-state index >= 15 is 0 Å². The normalized spacial score (nSPS) is 25.9. The fourth-order valence-electron chi connectivity index (χ4n) is 3.53. The first-order chi connectivity index (χ1) is 8.60. The Labute approximate surface area is 111 Å². The summed E-state index contributed by atoms with van der Waals surface area (Å²) in [6.45, 7) is 7.32. The molecule has 2 fully saturated rings. The zero-order valence-corrected chi connectivity index (χ0v) is 12.0. The van der Waals surface area contributed by atoms with Crippen molar-refractivity contribution in [3.05, 3.63) is 0 Å². The number of rotatable bonds is 4. The lowest BCUT2D eigenvalue weighted by Crippen LogP contribution is -2.49. The standard InChI is InChI=1S/C15H28N2O/c1-3-15(8-10-16-11-9-15)13(18)17-12-14(2)6-4-5-7-14/h16H,3-12H2,1-2H3,(H,17,18). The van der Waals surface area contributed by atoms with Crippen LogP contribution in [0.15, 0.2) is 0 Å². The Kier molecular flexibility index (Phi) is 4.31. The minimum Gasteiger partial charge on any atom is -0.355 e. The molecule has 1 amide bonds. The fraction of sp³-hybridized carbons (Fsp3) is 0.933. The molecule has 0 radical (unpaired) electrons. The van der Waals surface area contributed by atoms with Gasteiger partial charge < -0.3 is 10.6 Å². The molecule has 1 saturated heterocycles. The molecule has 2 rings (SSSR count). The molecule has 18 heavy (non-hydrogen) atoms. The van der Waals surface area contributed by atoms with Crippen LogP contribution in [0.1, 0.15) is 58.8 Å². The van der Waals surface area contributed by atoms with Crippen molar-refractivity contribution in [3.63, 3.8) is 0 Å². The second kappa shape index (κ2) is 5.60. The first-order valence-electron chi connectivity index (χ1n) is 7.59. The number of hydrogen-bond acceptors (Lipinski definition) is 2. The van der Waals surface area contributed by atoms with Crippen LogP contribution in [0.3, 0.4) is 0 Å². The zero-order chi connectivity index (χ0) is 13.1. The van der Waals surface area contributed by atoms with Gasteiger partial charge in [0, 0.05) is 6.54 Å². The lowest BCUT2D eigenvalue weighted by Gasteiger charge is -2.36. The van der Waals surface area contributed by atoms with Crippen molar-refractivity contribution < 1.29 is 4.79 Å². The minimum atomic E-state index is -0.0970. The fourth-order valence-corrected chi connectivity index (χ4v) is 3.53. The van der Waals surface area contributed by atoms with Gasteiger partial charge in [-0.1, -0.05) is 26.7 Å². The molecule has 0 atom stereocenters. The Hall–Kier alpha value is -0.570. The van der Waals surface area contributed by atoms with Gasteiger partial charge in [-0.3, -0.25) is 4.79 Å². The van der Waals surface area contributed by atoms with Crippen LogP contribution >= 0.6 is 0 Å². The van der Waals surface area contributed by atoms with Crippen LogP contribution < -0.4 is 10.6 Å². The molecule has 3 nitrogen and oxygen atoms in total. The Balaban J connectivity index is 1.89. The highest BCUT2D eigenvalue weighted by molar-refractivity contribution is 5.82. The molecule has 0 spiro atoms. The van der Waals surface area contributed by atoms with Gasteiger partial charge in [-0.15, -0.1) is 0 Å². The molecule has 0 bridgehead atoms. The van der Waals surface area contributed by atoms with E-state index < -0.39 is 0 Å². The summed E-state index contributed by atoms with van der Waals surface area (Å²) < 4.78 is 0. The summed E-state index contributed by atoms with van der Waals surface area (Å²) in [5.74, 6) is 0.305. The summed E-state index contributed by atoms with van der Waals surface area (Å²) in [5.41, 5.74) is 0.262. The summed E-state index contributed by atoms with van der Waals surface area (Å²) >= 11 is 0. The number of piperidine rings is 1. The highest BCUT2D eigenvalue weighted by Gasteiger charge is 2.38. The van der Waals surface area contributed by atoms with E-state index in [9.17, 15) is 4.79 Å². The van der Waals surface area contributed by atoms with Gasteiger partial charge in [0.1, 0.15) is 0 Å². The molecular formula is C15H28N2O.